The van der Waals surface area contributed by atoms with Crippen molar-refractivity contribution in [1.82, 2.24) is 9.44 Å². The van der Waals surface area contributed by atoms with E-state index in [0.717, 1.165) is 0 Å². The summed E-state index contributed by atoms with van der Waals surface area (Å²) >= 11 is 0. The number of rotatable bonds is 1. The molecule has 2 aliphatic heterocycles. The number of ether oxygens (including phenoxy) is 1. The van der Waals surface area contributed by atoms with Crippen LogP contribution in [0.4, 0.5) is 0 Å². The molecule has 0 bridgehead atoms. The molecular weight excluding hydrogens is 238 g/mol. The summed E-state index contributed by atoms with van der Waals surface area (Å²) in [6, 6.07) is -0.843. The van der Waals surface area contributed by atoms with Crippen molar-refractivity contribution in [3.63, 3.8) is 0 Å². The Morgan fingerprint density at radius 3 is 2.69 bits per heavy atom. The predicted molar refractivity (Wildman–Crippen MR) is 53.6 cm³/mol. The molecule has 0 unspecified atom stereocenters. The number of hydrogen-bond donors (Lipinski definition) is 5. The average molecular weight is 253 g/mol. The highest BCUT2D eigenvalue weighted by atomic mass is 32.2. The third-order valence-corrected chi connectivity index (χ3v) is 3.98. The van der Waals surface area contributed by atoms with Crippen LogP contribution < -0.4 is 15.2 Å². The number of aliphatic hydroxyl groups is 2. The third-order valence-electron chi connectivity index (χ3n) is 2.85. The zero-order valence-electron chi connectivity index (χ0n) is 8.41. The van der Waals surface area contributed by atoms with E-state index < -0.39 is 40.7 Å². The van der Waals surface area contributed by atoms with E-state index in [0.29, 0.717) is 0 Å². The molecule has 0 saturated carbocycles. The summed E-state index contributed by atoms with van der Waals surface area (Å²) in [5, 5.41) is 19.4. The molecule has 0 aromatic heterocycles. The summed E-state index contributed by atoms with van der Waals surface area (Å²) in [5.74, 6) is 0. The fourth-order valence-corrected chi connectivity index (χ4v) is 3.09. The first-order valence-electron chi connectivity index (χ1n) is 4.93. The van der Waals surface area contributed by atoms with Crippen molar-refractivity contribution >= 4 is 10.2 Å². The number of nitrogens with one attached hydrogen (secondary N) is 2. The van der Waals surface area contributed by atoms with Gasteiger partial charge >= 0.3 is 0 Å². The number of hydrogen-bond acceptors (Lipinski definition) is 6. The molecule has 0 aliphatic carbocycles. The Morgan fingerprint density at radius 2 is 2.06 bits per heavy atom. The second-order valence-corrected chi connectivity index (χ2v) is 5.46. The molecule has 16 heavy (non-hydrogen) atoms. The van der Waals surface area contributed by atoms with Crippen molar-refractivity contribution in [3.05, 3.63) is 0 Å². The van der Waals surface area contributed by atoms with Crippen LogP contribution in [-0.2, 0) is 14.9 Å². The van der Waals surface area contributed by atoms with E-state index in [4.69, 9.17) is 10.5 Å². The highest BCUT2D eigenvalue weighted by Gasteiger charge is 2.47. The lowest BCUT2D eigenvalue weighted by Crippen LogP contribution is -2.70. The van der Waals surface area contributed by atoms with Gasteiger partial charge < -0.3 is 20.7 Å². The largest absolute Gasteiger partial charge is 0.389 e. The van der Waals surface area contributed by atoms with E-state index in [1.165, 1.54) is 0 Å². The van der Waals surface area contributed by atoms with Crippen LogP contribution in [0.1, 0.15) is 0 Å². The van der Waals surface area contributed by atoms with E-state index in [-0.39, 0.29) is 13.1 Å². The smallest absolute Gasteiger partial charge is 0.277 e. The summed E-state index contributed by atoms with van der Waals surface area (Å²) < 4.78 is 32.3. The van der Waals surface area contributed by atoms with Crippen LogP contribution in [0.25, 0.3) is 0 Å². The van der Waals surface area contributed by atoms with Crippen LogP contribution in [0.15, 0.2) is 0 Å². The molecule has 9 heteroatoms. The maximum Gasteiger partial charge on any atom is 0.277 e. The van der Waals surface area contributed by atoms with E-state index in [2.05, 4.69) is 9.44 Å². The van der Waals surface area contributed by atoms with Crippen molar-refractivity contribution in [3.8, 4) is 0 Å². The lowest BCUT2D eigenvalue weighted by atomic mass is 9.93. The van der Waals surface area contributed by atoms with Crippen LogP contribution in [0.3, 0.4) is 0 Å². The summed E-state index contributed by atoms with van der Waals surface area (Å²) in [4.78, 5) is 0. The van der Waals surface area contributed by atoms with Crippen molar-refractivity contribution < 1.29 is 23.4 Å². The summed E-state index contributed by atoms with van der Waals surface area (Å²) in [7, 11) is -3.62. The molecule has 6 N–H and O–H groups in total. The van der Waals surface area contributed by atoms with Crippen LogP contribution in [0.2, 0.25) is 0 Å². The van der Waals surface area contributed by atoms with Gasteiger partial charge in [0.2, 0.25) is 0 Å². The molecule has 0 spiro atoms. The van der Waals surface area contributed by atoms with Gasteiger partial charge in [-0.25, -0.2) is 0 Å². The number of nitrogens with two attached hydrogens (primary N) is 1. The molecule has 94 valence electrons. The van der Waals surface area contributed by atoms with Gasteiger partial charge in [0.05, 0.1) is 18.2 Å². The molecular formula is C7H15N3O5S. The van der Waals surface area contributed by atoms with Gasteiger partial charge in [0.15, 0.2) is 0 Å². The molecule has 0 radical (unpaired) electrons. The minimum absolute atomic E-state index is 0.0558. The zero-order chi connectivity index (χ0) is 11.9. The first-order chi connectivity index (χ1) is 7.44. The lowest BCUT2D eigenvalue weighted by molar-refractivity contribution is -0.177. The monoisotopic (exact) mass is 253 g/mol. The second-order valence-electron chi connectivity index (χ2n) is 3.93. The fraction of sp³-hybridized carbons (Fsp3) is 1.00. The molecule has 0 amide bonds. The summed E-state index contributed by atoms with van der Waals surface area (Å²) in [5.41, 5.74) is 5.38. The molecule has 0 aromatic rings. The van der Waals surface area contributed by atoms with Crippen molar-refractivity contribution in [2.45, 2.75) is 30.5 Å². The topological polar surface area (TPSA) is 134 Å². The van der Waals surface area contributed by atoms with Crippen molar-refractivity contribution in [2.24, 2.45) is 5.73 Å². The first kappa shape index (κ1) is 12.2. The van der Waals surface area contributed by atoms with Crippen LogP contribution in [-0.4, -0.2) is 62.2 Å². The minimum Gasteiger partial charge on any atom is -0.389 e. The summed E-state index contributed by atoms with van der Waals surface area (Å²) in [6.07, 6.45) is -3.62. The molecule has 2 rings (SSSR count). The van der Waals surface area contributed by atoms with Crippen LogP contribution >= 0.6 is 0 Å². The fourth-order valence-electron chi connectivity index (χ4n) is 1.97. The quantitative estimate of drug-likeness (QED) is 0.326. The molecule has 2 saturated heterocycles. The molecule has 5 atom stereocenters. The minimum atomic E-state index is -3.62. The second kappa shape index (κ2) is 4.18. The maximum absolute atomic E-state index is 11.2. The molecule has 2 fully saturated rings. The van der Waals surface area contributed by atoms with Gasteiger partial charge in [-0.05, 0) is 0 Å². The first-order valence-corrected chi connectivity index (χ1v) is 6.41. The zero-order valence-corrected chi connectivity index (χ0v) is 9.22. The third kappa shape index (κ3) is 2.07. The Hall–Kier alpha value is -0.290. The normalized spacial score (nSPS) is 47.3. The van der Waals surface area contributed by atoms with Crippen LogP contribution in [0, 0.1) is 0 Å². The number of fused-ring (bicyclic) bond motifs is 1. The van der Waals surface area contributed by atoms with E-state index in [1.54, 1.807) is 0 Å². The standard InChI is InChI=1S/C7H15N3O5S/c8-1-3-6(11)7(12)5-4(15-3)2-9-16(13,14)10-5/h3-7,9-12H,1-2,8H2/t3-,4+,5-,6+,7-/m1/s1. The maximum atomic E-state index is 11.2. The Kier molecular flexibility index (Phi) is 3.18. The van der Waals surface area contributed by atoms with E-state index >= 15 is 0 Å². The van der Waals surface area contributed by atoms with Crippen LogP contribution in [0.5, 0.6) is 0 Å². The highest BCUT2D eigenvalue weighted by molar-refractivity contribution is 7.87. The summed E-state index contributed by atoms with van der Waals surface area (Å²) in [6.45, 7) is 0.120. The van der Waals surface area contributed by atoms with Gasteiger partial charge in [-0.1, -0.05) is 0 Å². The Balaban J connectivity index is 2.17. The van der Waals surface area contributed by atoms with Gasteiger partial charge in [-0.3, -0.25) is 0 Å². The van der Waals surface area contributed by atoms with Crippen molar-refractivity contribution in [1.29, 1.82) is 0 Å². The van der Waals surface area contributed by atoms with Gasteiger partial charge in [0, 0.05) is 13.1 Å². The number of aliphatic hydroxyl groups excluding tert-OH is 2. The van der Waals surface area contributed by atoms with E-state index in [1.807, 2.05) is 0 Å². The lowest BCUT2D eigenvalue weighted by Gasteiger charge is -2.44. The molecule has 8 nitrogen and oxygen atoms in total. The van der Waals surface area contributed by atoms with Gasteiger partial charge in [0.1, 0.15) is 12.2 Å². The van der Waals surface area contributed by atoms with Gasteiger partial charge in [-0.15, -0.1) is 0 Å². The molecule has 2 aliphatic rings. The molecule has 2 heterocycles. The van der Waals surface area contributed by atoms with Gasteiger partial charge in [0.25, 0.3) is 10.2 Å². The Morgan fingerprint density at radius 1 is 1.38 bits per heavy atom. The predicted octanol–water partition coefficient (Wildman–Crippen LogP) is -3.76. The molecule has 0 aromatic carbocycles. The van der Waals surface area contributed by atoms with E-state index in [9.17, 15) is 18.6 Å². The average Bonchev–Trinajstić information content (AvgIpc) is 2.23. The Bertz CT molecular complexity index is 359. The SMILES string of the molecule is NC[C@H]1O[C@H]2CNS(=O)(=O)N[C@H]2[C@@H](O)[C@H]1O. The Labute approximate surface area is 93.0 Å². The van der Waals surface area contributed by atoms with Gasteiger partial charge in [-0.2, -0.15) is 17.9 Å². The van der Waals surface area contributed by atoms with Crippen molar-refractivity contribution in [2.75, 3.05) is 13.1 Å². The highest BCUT2D eigenvalue weighted by Crippen LogP contribution is 2.22.